The van der Waals surface area contributed by atoms with Crippen molar-refractivity contribution in [1.29, 1.82) is 0 Å². The number of anilines is 3. The minimum Gasteiger partial charge on any atom is -0.491 e. The van der Waals surface area contributed by atoms with Crippen molar-refractivity contribution in [3.8, 4) is 5.75 Å². The van der Waals surface area contributed by atoms with Crippen LogP contribution in [0.15, 0.2) is 54.9 Å². The van der Waals surface area contributed by atoms with Crippen LogP contribution in [0.5, 0.6) is 5.75 Å². The third kappa shape index (κ3) is 5.20. The molecule has 144 valence electrons. The van der Waals surface area contributed by atoms with Crippen molar-refractivity contribution in [1.82, 2.24) is 9.97 Å². The highest BCUT2D eigenvalue weighted by Crippen LogP contribution is 2.22. The summed E-state index contributed by atoms with van der Waals surface area (Å²) in [5, 5.41) is 6.52. The van der Waals surface area contributed by atoms with Gasteiger partial charge < -0.3 is 15.4 Å². The molecule has 0 saturated heterocycles. The number of hydrogen-bond donors (Lipinski definition) is 2. The number of halogens is 1. The number of nitrogens with zero attached hydrogens (tertiary/aromatic N) is 2. The molecule has 0 fully saturated rings. The van der Waals surface area contributed by atoms with E-state index in [1.165, 1.54) is 12.4 Å². The summed E-state index contributed by atoms with van der Waals surface area (Å²) in [6.45, 7) is 5.85. The van der Waals surface area contributed by atoms with Crippen molar-refractivity contribution in [2.24, 2.45) is 0 Å². The van der Waals surface area contributed by atoms with E-state index in [0.29, 0.717) is 22.2 Å². The van der Waals surface area contributed by atoms with Crippen molar-refractivity contribution in [2.45, 2.75) is 26.9 Å². The van der Waals surface area contributed by atoms with E-state index in [0.717, 1.165) is 17.0 Å². The van der Waals surface area contributed by atoms with Crippen molar-refractivity contribution in [3.05, 3.63) is 71.0 Å². The molecule has 0 aliphatic carbocycles. The maximum Gasteiger partial charge on any atom is 0.258 e. The Morgan fingerprint density at radius 1 is 1.04 bits per heavy atom. The molecule has 3 rings (SSSR count). The van der Waals surface area contributed by atoms with E-state index in [4.69, 9.17) is 16.3 Å². The Hall–Kier alpha value is -3.12. The number of nitrogens with one attached hydrogen (secondary N) is 2. The standard InChI is InChI=1S/C21H21ClN4O2/c1-13(2)28-18-8-6-16(7-9-18)25-20(27)15-11-23-21(24-12-15)26-17-5-4-14(3)19(22)10-17/h4-13H,1-3H3,(H,25,27)(H,23,24,26). The summed E-state index contributed by atoms with van der Waals surface area (Å²) in [5.41, 5.74) is 2.79. The average molecular weight is 397 g/mol. The van der Waals surface area contributed by atoms with Crippen LogP contribution in [0.4, 0.5) is 17.3 Å². The van der Waals surface area contributed by atoms with Gasteiger partial charge in [0.25, 0.3) is 5.91 Å². The summed E-state index contributed by atoms with van der Waals surface area (Å²) in [5.74, 6) is 0.845. The van der Waals surface area contributed by atoms with E-state index in [1.807, 2.05) is 45.0 Å². The molecule has 7 heteroatoms. The summed E-state index contributed by atoms with van der Waals surface area (Å²) < 4.78 is 5.59. The van der Waals surface area contributed by atoms with Gasteiger partial charge in [0.1, 0.15) is 5.75 Å². The SMILES string of the molecule is Cc1ccc(Nc2ncc(C(=O)Nc3ccc(OC(C)C)cc3)cn2)cc1Cl. The molecule has 0 unspecified atom stereocenters. The zero-order valence-electron chi connectivity index (χ0n) is 15.9. The van der Waals surface area contributed by atoms with Crippen molar-refractivity contribution in [2.75, 3.05) is 10.6 Å². The van der Waals surface area contributed by atoms with Gasteiger partial charge >= 0.3 is 0 Å². The number of aromatic nitrogens is 2. The zero-order chi connectivity index (χ0) is 20.1. The Morgan fingerprint density at radius 2 is 1.68 bits per heavy atom. The van der Waals surface area contributed by atoms with E-state index in [1.54, 1.807) is 18.2 Å². The Morgan fingerprint density at radius 3 is 2.29 bits per heavy atom. The van der Waals surface area contributed by atoms with Crippen LogP contribution in [0.1, 0.15) is 29.8 Å². The van der Waals surface area contributed by atoms with Crippen LogP contribution in [0.3, 0.4) is 0 Å². The summed E-state index contributed by atoms with van der Waals surface area (Å²) >= 11 is 6.12. The molecule has 2 N–H and O–H groups in total. The van der Waals surface area contributed by atoms with Crippen LogP contribution in [0.25, 0.3) is 0 Å². The zero-order valence-corrected chi connectivity index (χ0v) is 16.6. The molecule has 3 aromatic rings. The topological polar surface area (TPSA) is 76.1 Å². The number of hydrogen-bond acceptors (Lipinski definition) is 5. The second-order valence-electron chi connectivity index (χ2n) is 6.53. The molecule has 28 heavy (non-hydrogen) atoms. The maximum absolute atomic E-state index is 12.4. The van der Waals surface area contributed by atoms with Gasteiger partial charge in [-0.2, -0.15) is 0 Å². The van der Waals surface area contributed by atoms with Crippen LogP contribution in [-0.4, -0.2) is 22.0 Å². The van der Waals surface area contributed by atoms with Gasteiger partial charge in [0.15, 0.2) is 0 Å². The van der Waals surface area contributed by atoms with Gasteiger partial charge in [-0.25, -0.2) is 9.97 Å². The molecular formula is C21H21ClN4O2. The normalized spacial score (nSPS) is 10.6. The third-order valence-electron chi connectivity index (χ3n) is 3.83. The van der Waals surface area contributed by atoms with Gasteiger partial charge in [-0.1, -0.05) is 17.7 Å². The Kier molecular flexibility index (Phi) is 6.11. The van der Waals surface area contributed by atoms with E-state index in [-0.39, 0.29) is 12.0 Å². The number of ether oxygens (including phenoxy) is 1. The average Bonchev–Trinajstić information content (AvgIpc) is 2.66. The molecule has 0 spiro atoms. The lowest BCUT2D eigenvalue weighted by Gasteiger charge is -2.11. The number of benzene rings is 2. The molecule has 6 nitrogen and oxygen atoms in total. The van der Waals surface area contributed by atoms with E-state index in [2.05, 4.69) is 20.6 Å². The first-order valence-corrected chi connectivity index (χ1v) is 9.22. The number of carbonyl (C=O) groups is 1. The quantitative estimate of drug-likeness (QED) is 0.597. The van der Waals surface area contributed by atoms with E-state index in [9.17, 15) is 4.79 Å². The largest absolute Gasteiger partial charge is 0.491 e. The molecule has 0 aliphatic rings. The fourth-order valence-corrected chi connectivity index (χ4v) is 2.58. The summed E-state index contributed by atoms with van der Waals surface area (Å²) in [4.78, 5) is 20.7. The third-order valence-corrected chi connectivity index (χ3v) is 4.23. The van der Waals surface area contributed by atoms with Gasteiger partial charge in [-0.3, -0.25) is 4.79 Å². The molecule has 0 radical (unpaired) electrons. The highest BCUT2D eigenvalue weighted by molar-refractivity contribution is 6.31. The van der Waals surface area contributed by atoms with Crippen LogP contribution >= 0.6 is 11.6 Å². The molecule has 1 amide bonds. The highest BCUT2D eigenvalue weighted by atomic mass is 35.5. The number of aryl methyl sites for hydroxylation is 1. The molecule has 0 bridgehead atoms. The molecular weight excluding hydrogens is 376 g/mol. The van der Waals surface area contributed by atoms with Crippen molar-refractivity contribution < 1.29 is 9.53 Å². The molecule has 0 aliphatic heterocycles. The first-order valence-electron chi connectivity index (χ1n) is 8.84. The second-order valence-corrected chi connectivity index (χ2v) is 6.94. The monoisotopic (exact) mass is 396 g/mol. The molecule has 0 atom stereocenters. The van der Waals surface area contributed by atoms with Crippen LogP contribution in [-0.2, 0) is 0 Å². The van der Waals surface area contributed by atoms with Gasteiger partial charge in [0.05, 0.1) is 11.7 Å². The fraction of sp³-hybridized carbons (Fsp3) is 0.190. The lowest BCUT2D eigenvalue weighted by molar-refractivity contribution is 0.102. The minimum atomic E-state index is -0.289. The van der Waals surface area contributed by atoms with Gasteiger partial charge in [-0.15, -0.1) is 0 Å². The minimum absolute atomic E-state index is 0.0978. The van der Waals surface area contributed by atoms with Crippen LogP contribution < -0.4 is 15.4 Å². The maximum atomic E-state index is 12.4. The van der Waals surface area contributed by atoms with Gasteiger partial charge in [0, 0.05) is 28.8 Å². The Bertz CT molecular complexity index is 957. The van der Waals surface area contributed by atoms with Crippen LogP contribution in [0.2, 0.25) is 5.02 Å². The molecule has 0 saturated carbocycles. The predicted octanol–water partition coefficient (Wildman–Crippen LogP) is 5.22. The van der Waals surface area contributed by atoms with Crippen molar-refractivity contribution >= 4 is 34.8 Å². The highest BCUT2D eigenvalue weighted by Gasteiger charge is 2.09. The second kappa shape index (κ2) is 8.71. The van der Waals surface area contributed by atoms with E-state index >= 15 is 0 Å². The van der Waals surface area contributed by atoms with Crippen LogP contribution in [0, 0.1) is 6.92 Å². The molecule has 1 heterocycles. The smallest absolute Gasteiger partial charge is 0.258 e. The first kappa shape index (κ1) is 19.6. The number of amides is 1. The summed E-state index contributed by atoms with van der Waals surface area (Å²) in [6.07, 6.45) is 3.04. The number of rotatable bonds is 6. The molecule has 2 aromatic carbocycles. The van der Waals surface area contributed by atoms with Gasteiger partial charge in [-0.05, 0) is 62.7 Å². The van der Waals surface area contributed by atoms with Crippen molar-refractivity contribution in [3.63, 3.8) is 0 Å². The predicted molar refractivity (Wildman–Crippen MR) is 112 cm³/mol. The molecule has 1 aromatic heterocycles. The first-order chi connectivity index (χ1) is 13.4. The van der Waals surface area contributed by atoms with E-state index < -0.39 is 0 Å². The summed E-state index contributed by atoms with van der Waals surface area (Å²) in [7, 11) is 0. The van der Waals surface area contributed by atoms with Gasteiger partial charge in [0.2, 0.25) is 5.95 Å². The fourth-order valence-electron chi connectivity index (χ4n) is 2.40. The Labute approximate surface area is 168 Å². The Balaban J connectivity index is 1.62. The number of carbonyl (C=O) groups excluding carboxylic acids is 1. The summed E-state index contributed by atoms with van der Waals surface area (Å²) in [6, 6.07) is 12.8. The lowest BCUT2D eigenvalue weighted by atomic mass is 10.2. The lowest BCUT2D eigenvalue weighted by Crippen LogP contribution is -2.13.